The maximum atomic E-state index is 12.7. The molecule has 0 radical (unpaired) electrons. The highest BCUT2D eigenvalue weighted by Gasteiger charge is 2.51. The van der Waals surface area contributed by atoms with E-state index in [1.165, 1.54) is 25.3 Å². The largest absolute Gasteiger partial charge is 0.452 e. The zero-order valence-electron chi connectivity index (χ0n) is 18.1. The van der Waals surface area contributed by atoms with Gasteiger partial charge in [0.05, 0.1) is 6.42 Å². The van der Waals surface area contributed by atoms with E-state index in [2.05, 4.69) is 10.6 Å². The molecule has 4 fully saturated rings. The zero-order valence-corrected chi connectivity index (χ0v) is 18.1. The molecule has 4 saturated carbocycles. The number of benzene rings is 1. The highest BCUT2D eigenvalue weighted by molar-refractivity contribution is 5.92. The summed E-state index contributed by atoms with van der Waals surface area (Å²) in [6, 6.07) is 9.50. The molecule has 2 amide bonds. The van der Waals surface area contributed by atoms with Crippen LogP contribution in [0.15, 0.2) is 36.4 Å². The van der Waals surface area contributed by atoms with Gasteiger partial charge in [0, 0.05) is 18.2 Å². The van der Waals surface area contributed by atoms with Crippen LogP contribution < -0.4 is 10.6 Å². The third-order valence-electron chi connectivity index (χ3n) is 6.96. The Morgan fingerprint density at radius 2 is 1.68 bits per heavy atom. The number of nitrogens with one attached hydrogen (secondary N) is 2. The molecule has 0 saturated heterocycles. The summed E-state index contributed by atoms with van der Waals surface area (Å²) in [5, 5.41) is 5.90. The molecule has 0 heterocycles. The maximum absolute atomic E-state index is 12.7. The van der Waals surface area contributed by atoms with E-state index in [-0.39, 0.29) is 30.3 Å². The van der Waals surface area contributed by atoms with E-state index in [0.29, 0.717) is 0 Å². The van der Waals surface area contributed by atoms with Gasteiger partial charge in [-0.15, -0.1) is 0 Å². The van der Waals surface area contributed by atoms with Crippen molar-refractivity contribution in [3.8, 4) is 0 Å². The van der Waals surface area contributed by atoms with Crippen molar-refractivity contribution in [2.24, 2.45) is 17.8 Å². The fourth-order valence-electron chi connectivity index (χ4n) is 6.02. The first-order valence-corrected chi connectivity index (χ1v) is 11.4. The summed E-state index contributed by atoms with van der Waals surface area (Å²) < 4.78 is 5.32. The van der Waals surface area contributed by atoms with Crippen molar-refractivity contribution in [2.75, 3.05) is 6.54 Å². The number of esters is 1. The summed E-state index contributed by atoms with van der Waals surface area (Å²) in [7, 11) is 0. The van der Waals surface area contributed by atoms with E-state index in [1.807, 2.05) is 30.3 Å². The van der Waals surface area contributed by atoms with Crippen molar-refractivity contribution in [1.82, 2.24) is 10.6 Å². The first kappa shape index (κ1) is 21.6. The van der Waals surface area contributed by atoms with Gasteiger partial charge in [-0.05, 0) is 74.8 Å². The van der Waals surface area contributed by atoms with Crippen LogP contribution in [0.3, 0.4) is 0 Å². The molecule has 1 aromatic rings. The van der Waals surface area contributed by atoms with E-state index < -0.39 is 12.1 Å². The topological polar surface area (TPSA) is 84.5 Å². The first-order valence-electron chi connectivity index (χ1n) is 11.4. The predicted octanol–water partition coefficient (Wildman–Crippen LogP) is 3.22. The Morgan fingerprint density at radius 3 is 2.29 bits per heavy atom. The Morgan fingerprint density at radius 1 is 1.06 bits per heavy atom. The number of carbonyl (C=O) groups excluding carboxylic acids is 3. The quantitative estimate of drug-likeness (QED) is 0.496. The molecule has 6 heteroatoms. The summed E-state index contributed by atoms with van der Waals surface area (Å²) in [5.74, 6) is 1.26. The summed E-state index contributed by atoms with van der Waals surface area (Å²) in [6.45, 7) is 1.79. The summed E-state index contributed by atoms with van der Waals surface area (Å²) in [6.07, 6.45) is 9.47. The number of hydrogen-bond donors (Lipinski definition) is 2. The van der Waals surface area contributed by atoms with Gasteiger partial charge in [-0.2, -0.15) is 0 Å². The predicted molar refractivity (Wildman–Crippen MR) is 118 cm³/mol. The van der Waals surface area contributed by atoms with Gasteiger partial charge in [-0.1, -0.05) is 30.3 Å². The molecule has 5 rings (SSSR count). The van der Waals surface area contributed by atoms with Crippen LogP contribution >= 0.6 is 0 Å². The Kier molecular flexibility index (Phi) is 6.44. The van der Waals surface area contributed by atoms with E-state index in [0.717, 1.165) is 42.6 Å². The number of amides is 2. The standard InChI is InChI=1S/C25H32N2O4/c1-17(24(30)27-25-14-19-11-20(15-25)13-21(12-19)16-25)31-23(29)9-10-26-22(28)8-7-18-5-3-2-4-6-18/h2-8,17,19-21H,9-16H2,1H3,(H,26,28)(H,27,30)/b8-7+/t17-,19?,20?,21?,25?/m0/s1. The Bertz CT molecular complexity index is 813. The van der Waals surface area contributed by atoms with Crippen molar-refractivity contribution in [1.29, 1.82) is 0 Å². The molecule has 166 valence electrons. The second-order valence-electron chi connectivity index (χ2n) is 9.60. The fraction of sp³-hybridized carbons (Fsp3) is 0.560. The molecule has 2 N–H and O–H groups in total. The van der Waals surface area contributed by atoms with Crippen LogP contribution in [-0.4, -0.2) is 36.0 Å². The van der Waals surface area contributed by atoms with Crippen LogP contribution in [0, 0.1) is 17.8 Å². The lowest BCUT2D eigenvalue weighted by atomic mass is 9.53. The van der Waals surface area contributed by atoms with Crippen LogP contribution in [0.2, 0.25) is 0 Å². The van der Waals surface area contributed by atoms with E-state index in [4.69, 9.17) is 4.74 Å². The molecule has 0 aliphatic heterocycles. The Labute approximate surface area is 183 Å². The van der Waals surface area contributed by atoms with Gasteiger partial charge in [0.1, 0.15) is 0 Å². The van der Waals surface area contributed by atoms with Gasteiger partial charge in [-0.3, -0.25) is 14.4 Å². The van der Waals surface area contributed by atoms with Gasteiger partial charge < -0.3 is 15.4 Å². The monoisotopic (exact) mass is 424 g/mol. The number of rotatable bonds is 8. The van der Waals surface area contributed by atoms with Gasteiger partial charge >= 0.3 is 5.97 Å². The van der Waals surface area contributed by atoms with Crippen molar-refractivity contribution >= 4 is 23.9 Å². The molecule has 1 aromatic carbocycles. The van der Waals surface area contributed by atoms with E-state index in [9.17, 15) is 14.4 Å². The van der Waals surface area contributed by atoms with Gasteiger partial charge in [0.15, 0.2) is 6.10 Å². The molecule has 4 aliphatic carbocycles. The molecule has 4 bridgehead atoms. The van der Waals surface area contributed by atoms with E-state index >= 15 is 0 Å². The molecule has 1 atom stereocenters. The average Bonchev–Trinajstić information content (AvgIpc) is 2.71. The number of hydrogen-bond acceptors (Lipinski definition) is 4. The summed E-state index contributed by atoms with van der Waals surface area (Å²) >= 11 is 0. The summed E-state index contributed by atoms with van der Waals surface area (Å²) in [4.78, 5) is 36.7. The van der Waals surface area contributed by atoms with Gasteiger partial charge in [-0.25, -0.2) is 0 Å². The Hall–Kier alpha value is -2.63. The molecule has 6 nitrogen and oxygen atoms in total. The van der Waals surface area contributed by atoms with E-state index in [1.54, 1.807) is 13.0 Å². The number of ether oxygens (including phenoxy) is 1. The Balaban J connectivity index is 1.17. The highest BCUT2D eigenvalue weighted by Crippen LogP contribution is 2.55. The molecule has 4 aliphatic rings. The second kappa shape index (κ2) is 9.25. The lowest BCUT2D eigenvalue weighted by molar-refractivity contribution is -0.156. The van der Waals surface area contributed by atoms with Gasteiger partial charge in [0.2, 0.25) is 5.91 Å². The van der Waals surface area contributed by atoms with Crippen LogP contribution in [-0.2, 0) is 19.1 Å². The molecule has 0 aromatic heterocycles. The van der Waals surface area contributed by atoms with Crippen molar-refractivity contribution in [3.05, 3.63) is 42.0 Å². The SMILES string of the molecule is C[C@H](OC(=O)CCNC(=O)/C=C/c1ccccc1)C(=O)NC12CC3CC(CC(C3)C1)C2. The minimum atomic E-state index is -0.825. The molecule has 0 unspecified atom stereocenters. The second-order valence-corrected chi connectivity index (χ2v) is 9.60. The third-order valence-corrected chi connectivity index (χ3v) is 6.96. The summed E-state index contributed by atoms with van der Waals surface area (Å²) in [5.41, 5.74) is 0.835. The number of carbonyl (C=O) groups is 3. The minimum Gasteiger partial charge on any atom is -0.452 e. The van der Waals surface area contributed by atoms with Crippen molar-refractivity contribution in [3.63, 3.8) is 0 Å². The fourth-order valence-corrected chi connectivity index (χ4v) is 6.02. The maximum Gasteiger partial charge on any atom is 0.308 e. The van der Waals surface area contributed by atoms with Gasteiger partial charge in [0.25, 0.3) is 5.91 Å². The average molecular weight is 425 g/mol. The smallest absolute Gasteiger partial charge is 0.308 e. The molecule has 0 spiro atoms. The molecular formula is C25H32N2O4. The van der Waals surface area contributed by atoms with Crippen LogP contribution in [0.5, 0.6) is 0 Å². The van der Waals surface area contributed by atoms with Crippen LogP contribution in [0.4, 0.5) is 0 Å². The molecule has 31 heavy (non-hydrogen) atoms. The van der Waals surface area contributed by atoms with Crippen molar-refractivity contribution < 1.29 is 19.1 Å². The van der Waals surface area contributed by atoms with Crippen LogP contribution in [0.1, 0.15) is 57.4 Å². The molecular weight excluding hydrogens is 392 g/mol. The normalized spacial score (nSPS) is 29.5. The minimum absolute atomic E-state index is 0.0277. The lowest BCUT2D eigenvalue weighted by Crippen LogP contribution is -2.61. The van der Waals surface area contributed by atoms with Crippen molar-refractivity contribution in [2.45, 2.75) is 63.5 Å². The third kappa shape index (κ3) is 5.54. The zero-order chi connectivity index (χ0) is 21.8. The van der Waals surface area contributed by atoms with Crippen LogP contribution in [0.25, 0.3) is 6.08 Å². The lowest BCUT2D eigenvalue weighted by Gasteiger charge is -2.57. The highest BCUT2D eigenvalue weighted by atomic mass is 16.5. The first-order chi connectivity index (χ1) is 14.9.